The van der Waals surface area contributed by atoms with E-state index in [4.69, 9.17) is 4.74 Å². The van der Waals surface area contributed by atoms with Crippen LogP contribution in [0.1, 0.15) is 6.42 Å². The quantitative estimate of drug-likeness (QED) is 0.730. The minimum absolute atomic E-state index is 0.171. The Morgan fingerprint density at radius 2 is 1.72 bits per heavy atom. The van der Waals surface area contributed by atoms with Crippen LogP contribution in [0.2, 0.25) is 0 Å². The SMILES string of the molecule is COc1ccc(-c2ccc(S(=O)(=O)NCCCN(C)C)cc2)cc1F. The monoisotopic (exact) mass is 366 g/mol. The van der Waals surface area contributed by atoms with Crippen molar-refractivity contribution in [1.29, 1.82) is 0 Å². The van der Waals surface area contributed by atoms with Crippen LogP contribution in [0.3, 0.4) is 0 Å². The lowest BCUT2D eigenvalue weighted by molar-refractivity contribution is 0.386. The van der Waals surface area contributed by atoms with Gasteiger partial charge >= 0.3 is 0 Å². The molecule has 0 radical (unpaired) electrons. The van der Waals surface area contributed by atoms with Gasteiger partial charge in [0.15, 0.2) is 11.6 Å². The normalized spacial score (nSPS) is 11.7. The molecule has 0 atom stereocenters. The third-order valence-corrected chi connectivity index (χ3v) is 5.20. The average molecular weight is 366 g/mol. The summed E-state index contributed by atoms with van der Waals surface area (Å²) in [7, 11) is 1.75. The number of ether oxygens (including phenoxy) is 1. The highest BCUT2D eigenvalue weighted by molar-refractivity contribution is 7.89. The zero-order valence-corrected chi connectivity index (χ0v) is 15.4. The number of halogens is 1. The highest BCUT2D eigenvalue weighted by Crippen LogP contribution is 2.26. The van der Waals surface area contributed by atoms with Gasteiger partial charge in [0.05, 0.1) is 12.0 Å². The van der Waals surface area contributed by atoms with Gasteiger partial charge in [-0.15, -0.1) is 0 Å². The van der Waals surface area contributed by atoms with Gasteiger partial charge in [0, 0.05) is 6.54 Å². The van der Waals surface area contributed by atoms with Gasteiger partial charge in [0.25, 0.3) is 0 Å². The van der Waals surface area contributed by atoms with Crippen LogP contribution in [0.25, 0.3) is 11.1 Å². The lowest BCUT2D eigenvalue weighted by Gasteiger charge is -2.11. The van der Waals surface area contributed by atoms with Crippen molar-refractivity contribution >= 4 is 10.0 Å². The molecule has 0 fully saturated rings. The van der Waals surface area contributed by atoms with Gasteiger partial charge in [-0.05, 0) is 62.5 Å². The molecule has 25 heavy (non-hydrogen) atoms. The first kappa shape index (κ1) is 19.4. The van der Waals surface area contributed by atoms with E-state index < -0.39 is 15.8 Å². The Labute approximate surface area is 148 Å². The topological polar surface area (TPSA) is 58.6 Å². The van der Waals surface area contributed by atoms with Crippen LogP contribution in [0.15, 0.2) is 47.4 Å². The molecule has 0 aliphatic carbocycles. The Morgan fingerprint density at radius 1 is 1.08 bits per heavy atom. The van der Waals surface area contributed by atoms with Crippen molar-refractivity contribution < 1.29 is 17.5 Å². The third kappa shape index (κ3) is 5.26. The first-order valence-corrected chi connectivity index (χ1v) is 9.40. The molecule has 2 aromatic rings. The standard InChI is InChI=1S/C18H23FN2O3S/c1-21(2)12-4-11-20-25(22,23)16-8-5-14(6-9-16)15-7-10-18(24-3)17(19)13-15/h5-10,13,20H,4,11-12H2,1-3H3. The first-order chi connectivity index (χ1) is 11.8. The Balaban J connectivity index is 2.09. The Bertz CT molecular complexity index is 806. The molecule has 0 unspecified atom stereocenters. The second-order valence-electron chi connectivity index (χ2n) is 5.93. The largest absolute Gasteiger partial charge is 0.494 e. The number of methoxy groups -OCH3 is 1. The highest BCUT2D eigenvalue weighted by Gasteiger charge is 2.13. The summed E-state index contributed by atoms with van der Waals surface area (Å²) in [4.78, 5) is 2.19. The summed E-state index contributed by atoms with van der Waals surface area (Å²) in [5.41, 5.74) is 1.38. The Hall–Kier alpha value is -1.96. The van der Waals surface area contributed by atoms with Gasteiger partial charge in [-0.25, -0.2) is 17.5 Å². The van der Waals surface area contributed by atoms with Crippen LogP contribution in [0.5, 0.6) is 5.75 Å². The zero-order chi connectivity index (χ0) is 18.4. The maximum Gasteiger partial charge on any atom is 0.240 e. The van der Waals surface area contributed by atoms with Gasteiger partial charge in [-0.1, -0.05) is 18.2 Å². The van der Waals surface area contributed by atoms with Crippen molar-refractivity contribution in [1.82, 2.24) is 9.62 Å². The van der Waals surface area contributed by atoms with E-state index >= 15 is 0 Å². The van der Waals surface area contributed by atoms with Crippen molar-refractivity contribution in [2.45, 2.75) is 11.3 Å². The van der Waals surface area contributed by atoms with E-state index in [2.05, 4.69) is 4.72 Å². The molecule has 0 saturated carbocycles. The minimum atomic E-state index is -3.54. The van der Waals surface area contributed by atoms with Crippen LogP contribution in [0.4, 0.5) is 4.39 Å². The van der Waals surface area contributed by atoms with E-state index in [-0.39, 0.29) is 10.6 Å². The van der Waals surface area contributed by atoms with Crippen LogP contribution in [-0.2, 0) is 10.0 Å². The van der Waals surface area contributed by atoms with Crippen molar-refractivity contribution in [3.63, 3.8) is 0 Å². The van der Waals surface area contributed by atoms with E-state index in [0.29, 0.717) is 12.1 Å². The lowest BCUT2D eigenvalue weighted by Crippen LogP contribution is -2.27. The molecule has 2 rings (SSSR count). The van der Waals surface area contributed by atoms with E-state index in [1.807, 2.05) is 19.0 Å². The predicted octanol–water partition coefficient (Wildman–Crippen LogP) is 2.73. The Kier molecular flexibility index (Phi) is 6.52. The number of hydrogen-bond donors (Lipinski definition) is 1. The van der Waals surface area contributed by atoms with Gasteiger partial charge in [-0.2, -0.15) is 0 Å². The van der Waals surface area contributed by atoms with E-state index in [9.17, 15) is 12.8 Å². The van der Waals surface area contributed by atoms with Crippen LogP contribution < -0.4 is 9.46 Å². The van der Waals surface area contributed by atoms with Gasteiger partial charge < -0.3 is 9.64 Å². The molecular weight excluding hydrogens is 343 g/mol. The van der Waals surface area contributed by atoms with E-state index in [1.54, 1.807) is 24.3 Å². The van der Waals surface area contributed by atoms with Crippen molar-refractivity contribution in [3.8, 4) is 16.9 Å². The molecule has 0 aromatic heterocycles. The molecule has 0 amide bonds. The number of sulfonamides is 1. The van der Waals surface area contributed by atoms with Gasteiger partial charge in [0.2, 0.25) is 10.0 Å². The molecule has 5 nitrogen and oxygen atoms in total. The van der Waals surface area contributed by atoms with Crippen molar-refractivity contribution in [2.75, 3.05) is 34.3 Å². The number of benzene rings is 2. The predicted molar refractivity (Wildman–Crippen MR) is 96.7 cm³/mol. The first-order valence-electron chi connectivity index (χ1n) is 7.92. The van der Waals surface area contributed by atoms with E-state index in [0.717, 1.165) is 18.5 Å². The summed E-state index contributed by atoms with van der Waals surface area (Å²) >= 11 is 0. The summed E-state index contributed by atoms with van der Waals surface area (Å²) in [6, 6.07) is 11.0. The van der Waals surface area contributed by atoms with Crippen molar-refractivity contribution in [2.24, 2.45) is 0 Å². The molecule has 0 heterocycles. The van der Waals surface area contributed by atoms with Crippen LogP contribution >= 0.6 is 0 Å². The number of nitrogens with one attached hydrogen (secondary N) is 1. The summed E-state index contributed by atoms with van der Waals surface area (Å²) in [6.45, 7) is 1.19. The van der Waals surface area contributed by atoms with Crippen molar-refractivity contribution in [3.05, 3.63) is 48.3 Å². The fourth-order valence-electron chi connectivity index (χ4n) is 2.36. The summed E-state index contributed by atoms with van der Waals surface area (Å²) < 4.78 is 45.8. The highest BCUT2D eigenvalue weighted by atomic mass is 32.2. The van der Waals surface area contributed by atoms with Crippen LogP contribution in [-0.4, -0.2) is 47.6 Å². The fraction of sp³-hybridized carbons (Fsp3) is 0.333. The second kappa shape index (κ2) is 8.42. The van der Waals surface area contributed by atoms with Gasteiger partial charge in [0.1, 0.15) is 0 Å². The van der Waals surface area contributed by atoms with E-state index in [1.165, 1.54) is 25.3 Å². The molecule has 7 heteroatoms. The molecule has 0 aliphatic rings. The molecule has 0 bridgehead atoms. The number of nitrogens with zero attached hydrogens (tertiary/aromatic N) is 1. The second-order valence-corrected chi connectivity index (χ2v) is 7.70. The molecule has 0 saturated heterocycles. The molecule has 1 N–H and O–H groups in total. The maximum atomic E-state index is 13.8. The smallest absolute Gasteiger partial charge is 0.240 e. The third-order valence-electron chi connectivity index (χ3n) is 3.72. The molecule has 0 spiro atoms. The average Bonchev–Trinajstić information content (AvgIpc) is 2.58. The molecular formula is C18H23FN2O3S. The summed E-state index contributed by atoms with van der Waals surface area (Å²) in [5.74, 6) is -0.288. The summed E-state index contributed by atoms with van der Waals surface area (Å²) in [6.07, 6.45) is 0.732. The number of hydrogen-bond acceptors (Lipinski definition) is 4. The van der Waals surface area contributed by atoms with Crippen LogP contribution in [0, 0.1) is 5.82 Å². The minimum Gasteiger partial charge on any atom is -0.494 e. The van der Waals surface area contributed by atoms with Gasteiger partial charge in [-0.3, -0.25) is 0 Å². The molecule has 0 aliphatic heterocycles. The molecule has 136 valence electrons. The molecule has 2 aromatic carbocycles. The lowest BCUT2D eigenvalue weighted by atomic mass is 10.1. The fourth-order valence-corrected chi connectivity index (χ4v) is 3.43. The summed E-state index contributed by atoms with van der Waals surface area (Å²) in [5, 5.41) is 0. The Morgan fingerprint density at radius 3 is 2.28 bits per heavy atom. The number of rotatable bonds is 8. The maximum absolute atomic E-state index is 13.8. The zero-order valence-electron chi connectivity index (χ0n) is 14.6.